The zero-order valence-corrected chi connectivity index (χ0v) is 8.82. The maximum atomic E-state index is 11.8. The molecule has 2 aromatic heterocycles. The van der Waals surface area contributed by atoms with Gasteiger partial charge in [0.05, 0.1) is 0 Å². The highest BCUT2D eigenvalue weighted by Crippen LogP contribution is 2.08. The molecule has 0 amide bonds. The van der Waals surface area contributed by atoms with Crippen LogP contribution in [0.3, 0.4) is 0 Å². The second-order valence-electron chi connectivity index (χ2n) is 3.20. The lowest BCUT2D eigenvalue weighted by Crippen LogP contribution is -2.23. The van der Waals surface area contributed by atoms with Crippen molar-refractivity contribution >= 4 is 0 Å². The fourth-order valence-corrected chi connectivity index (χ4v) is 1.35. The predicted molar refractivity (Wildman–Crippen MR) is 56.0 cm³/mol. The number of hydrogen-bond acceptors (Lipinski definition) is 5. The lowest BCUT2D eigenvalue weighted by Gasteiger charge is -2.03. The van der Waals surface area contributed by atoms with Gasteiger partial charge in [0.1, 0.15) is 18.5 Å². The first-order chi connectivity index (χ1) is 8.19. The van der Waals surface area contributed by atoms with E-state index in [1.54, 1.807) is 13.1 Å². The summed E-state index contributed by atoms with van der Waals surface area (Å²) in [6, 6.07) is 3.61. The van der Waals surface area contributed by atoms with Crippen LogP contribution in [0, 0.1) is 22.7 Å². The Morgan fingerprint density at radius 2 is 2.06 bits per heavy atom. The first-order valence-corrected chi connectivity index (χ1v) is 4.58. The summed E-state index contributed by atoms with van der Waals surface area (Å²) in [6.45, 7) is 0. The fourth-order valence-electron chi connectivity index (χ4n) is 1.35. The van der Waals surface area contributed by atoms with Crippen LogP contribution in [-0.2, 0) is 7.05 Å². The van der Waals surface area contributed by atoms with Gasteiger partial charge in [0.15, 0.2) is 11.4 Å². The Morgan fingerprint density at radius 3 is 2.71 bits per heavy atom. The van der Waals surface area contributed by atoms with Crippen molar-refractivity contribution in [2.75, 3.05) is 0 Å². The largest absolute Gasteiger partial charge is 0.314 e. The van der Waals surface area contributed by atoms with E-state index in [1.807, 2.05) is 6.07 Å². The molecule has 0 saturated heterocycles. The van der Waals surface area contributed by atoms with E-state index in [1.165, 1.54) is 27.9 Å². The summed E-state index contributed by atoms with van der Waals surface area (Å²) in [5.41, 5.74) is -0.394. The van der Waals surface area contributed by atoms with Crippen LogP contribution in [0.1, 0.15) is 11.4 Å². The zero-order chi connectivity index (χ0) is 12.4. The van der Waals surface area contributed by atoms with E-state index >= 15 is 0 Å². The van der Waals surface area contributed by atoms with Crippen molar-refractivity contribution in [3.05, 3.63) is 40.5 Å². The normalized spacial score (nSPS) is 9.59. The number of nitrogens with zero attached hydrogens (tertiary/aromatic N) is 6. The van der Waals surface area contributed by atoms with Gasteiger partial charge in [-0.25, -0.2) is 9.97 Å². The molecule has 0 saturated carbocycles. The summed E-state index contributed by atoms with van der Waals surface area (Å²) in [7, 11) is 1.57. The van der Waals surface area contributed by atoms with Crippen LogP contribution in [0.2, 0.25) is 0 Å². The minimum absolute atomic E-state index is 0.00306. The molecule has 0 fully saturated rings. The molecule has 82 valence electrons. The molecular formula is C10H6N6O. The van der Waals surface area contributed by atoms with E-state index in [-0.39, 0.29) is 22.8 Å². The third-order valence-electron chi connectivity index (χ3n) is 2.21. The second-order valence-corrected chi connectivity index (χ2v) is 3.20. The molecule has 2 aromatic rings. The van der Waals surface area contributed by atoms with Gasteiger partial charge in [-0.3, -0.25) is 9.36 Å². The highest BCUT2D eigenvalue weighted by atomic mass is 16.1. The number of aromatic nitrogens is 4. The molecule has 0 N–H and O–H groups in total. The molecule has 0 bridgehead atoms. The van der Waals surface area contributed by atoms with Gasteiger partial charge in [0.25, 0.3) is 5.56 Å². The number of rotatable bonds is 1. The van der Waals surface area contributed by atoms with Gasteiger partial charge in [-0.05, 0) is 0 Å². The van der Waals surface area contributed by atoms with Crippen molar-refractivity contribution in [3.8, 4) is 18.0 Å². The SMILES string of the molecule is Cn1ccnc(-n2cnc(C#N)c2C#N)c1=O. The van der Waals surface area contributed by atoms with E-state index in [0.717, 1.165) is 0 Å². The maximum Gasteiger partial charge on any atom is 0.294 e. The summed E-state index contributed by atoms with van der Waals surface area (Å²) in [5.74, 6) is 0.0422. The van der Waals surface area contributed by atoms with Gasteiger partial charge >= 0.3 is 0 Å². The summed E-state index contributed by atoms with van der Waals surface area (Å²) >= 11 is 0. The molecule has 0 aliphatic rings. The number of imidazole rings is 1. The average molecular weight is 226 g/mol. The molecule has 7 heteroatoms. The smallest absolute Gasteiger partial charge is 0.294 e. The van der Waals surface area contributed by atoms with E-state index in [4.69, 9.17) is 10.5 Å². The van der Waals surface area contributed by atoms with E-state index < -0.39 is 0 Å². The van der Waals surface area contributed by atoms with Gasteiger partial charge in [-0.15, -0.1) is 0 Å². The van der Waals surface area contributed by atoms with Crippen LogP contribution < -0.4 is 5.56 Å². The van der Waals surface area contributed by atoms with Crippen LogP contribution >= 0.6 is 0 Å². The van der Waals surface area contributed by atoms with Gasteiger partial charge in [0, 0.05) is 19.4 Å². The molecule has 0 spiro atoms. The number of aryl methyl sites for hydroxylation is 1. The summed E-state index contributed by atoms with van der Waals surface area (Å²) in [4.78, 5) is 19.4. The van der Waals surface area contributed by atoms with Crippen molar-refractivity contribution in [1.29, 1.82) is 10.5 Å². The van der Waals surface area contributed by atoms with Crippen molar-refractivity contribution in [2.45, 2.75) is 0 Å². The van der Waals surface area contributed by atoms with Crippen LogP contribution in [0.4, 0.5) is 0 Å². The van der Waals surface area contributed by atoms with E-state index in [9.17, 15) is 4.79 Å². The second kappa shape index (κ2) is 3.91. The molecule has 2 heterocycles. The van der Waals surface area contributed by atoms with Crippen molar-refractivity contribution < 1.29 is 0 Å². The van der Waals surface area contributed by atoms with Gasteiger partial charge < -0.3 is 4.57 Å². The summed E-state index contributed by atoms with van der Waals surface area (Å²) in [6.07, 6.45) is 4.17. The van der Waals surface area contributed by atoms with E-state index in [0.29, 0.717) is 0 Å². The standard InChI is InChI=1S/C10H6N6O/c1-15-3-2-13-9(10(15)17)16-6-14-7(4-11)8(16)5-12/h2-3,6H,1H3. The molecule has 0 aliphatic heterocycles. The Kier molecular flexibility index (Phi) is 2.43. The van der Waals surface area contributed by atoms with Gasteiger partial charge in [0.2, 0.25) is 5.82 Å². The quantitative estimate of drug-likeness (QED) is 0.665. The molecule has 0 radical (unpaired) electrons. The fraction of sp³-hybridized carbons (Fsp3) is 0.100. The van der Waals surface area contributed by atoms with Crippen molar-refractivity contribution in [2.24, 2.45) is 7.05 Å². The van der Waals surface area contributed by atoms with Crippen molar-refractivity contribution in [1.82, 2.24) is 19.1 Å². The van der Waals surface area contributed by atoms with Crippen molar-refractivity contribution in [3.63, 3.8) is 0 Å². The maximum absolute atomic E-state index is 11.8. The minimum atomic E-state index is -0.370. The summed E-state index contributed by atoms with van der Waals surface area (Å²) < 4.78 is 2.54. The number of nitriles is 2. The third-order valence-corrected chi connectivity index (χ3v) is 2.21. The molecule has 2 rings (SSSR count). The predicted octanol–water partition coefficient (Wildman–Crippen LogP) is -0.291. The minimum Gasteiger partial charge on any atom is -0.314 e. The highest BCUT2D eigenvalue weighted by molar-refractivity contribution is 5.40. The lowest BCUT2D eigenvalue weighted by atomic mass is 10.3. The first-order valence-electron chi connectivity index (χ1n) is 4.58. The summed E-state index contributed by atoms with van der Waals surface area (Å²) in [5, 5.41) is 17.7. The first kappa shape index (κ1) is 10.6. The van der Waals surface area contributed by atoms with Crippen LogP contribution in [0.25, 0.3) is 5.82 Å². The molecule has 17 heavy (non-hydrogen) atoms. The van der Waals surface area contributed by atoms with Gasteiger partial charge in [-0.1, -0.05) is 0 Å². The number of hydrogen-bond donors (Lipinski definition) is 0. The molecule has 0 atom stereocenters. The molecule has 0 aromatic carbocycles. The lowest BCUT2D eigenvalue weighted by molar-refractivity contribution is 0.805. The molecular weight excluding hydrogens is 220 g/mol. The van der Waals surface area contributed by atoms with Crippen LogP contribution in [0.5, 0.6) is 0 Å². The average Bonchev–Trinajstić information content (AvgIpc) is 2.75. The molecule has 7 nitrogen and oxygen atoms in total. The molecule has 0 aliphatic carbocycles. The van der Waals surface area contributed by atoms with E-state index in [2.05, 4.69) is 9.97 Å². The zero-order valence-electron chi connectivity index (χ0n) is 8.82. The Labute approximate surface area is 95.8 Å². The third kappa shape index (κ3) is 1.56. The van der Waals surface area contributed by atoms with Crippen LogP contribution in [-0.4, -0.2) is 19.1 Å². The highest BCUT2D eigenvalue weighted by Gasteiger charge is 2.14. The Bertz CT molecular complexity index is 712. The molecule has 0 unspecified atom stereocenters. The van der Waals surface area contributed by atoms with Crippen LogP contribution in [0.15, 0.2) is 23.5 Å². The monoisotopic (exact) mass is 226 g/mol. The Hall–Kier alpha value is -2.93. The van der Waals surface area contributed by atoms with Gasteiger partial charge in [-0.2, -0.15) is 10.5 Å². The Morgan fingerprint density at radius 1 is 1.29 bits per heavy atom. The topological polar surface area (TPSA) is 100 Å². The Balaban J connectivity index is 2.76.